The molecule has 0 amide bonds. The number of hydrogen-bond acceptors (Lipinski definition) is 4. The zero-order chi connectivity index (χ0) is 18.9. The summed E-state index contributed by atoms with van der Waals surface area (Å²) in [5.41, 5.74) is -0.491. The number of aromatic nitrogens is 2. The summed E-state index contributed by atoms with van der Waals surface area (Å²) in [4.78, 5) is -0.759. The highest BCUT2D eigenvalue weighted by atomic mass is 35.5. The molecule has 0 unspecified atom stereocenters. The molecular weight excluding hydrogens is 393 g/mol. The molecule has 0 radical (unpaired) electrons. The highest BCUT2D eigenvalue weighted by molar-refractivity contribution is 7.87. The predicted octanol–water partition coefficient (Wildman–Crippen LogP) is 4.31. The van der Waals surface area contributed by atoms with Gasteiger partial charge in [0, 0.05) is 12.4 Å². The van der Waals surface area contributed by atoms with Crippen molar-refractivity contribution in [2.24, 2.45) is 0 Å². The number of nitrogens with zero attached hydrogens (tertiary/aromatic N) is 2. The van der Waals surface area contributed by atoms with E-state index < -0.39 is 26.8 Å². The van der Waals surface area contributed by atoms with Crippen LogP contribution in [0.5, 0.6) is 5.75 Å². The van der Waals surface area contributed by atoms with E-state index in [1.165, 1.54) is 12.1 Å². The molecule has 5 nitrogen and oxygen atoms in total. The number of alkyl halides is 3. The van der Waals surface area contributed by atoms with Crippen molar-refractivity contribution >= 4 is 21.7 Å². The smallest absolute Gasteiger partial charge is 0.379 e. The van der Waals surface area contributed by atoms with Gasteiger partial charge in [0.05, 0.1) is 16.3 Å². The number of hydrogen-bond donors (Lipinski definition) is 0. The molecule has 3 aromatic rings. The van der Waals surface area contributed by atoms with E-state index in [1.54, 1.807) is 35.3 Å². The quantitative estimate of drug-likeness (QED) is 0.610. The van der Waals surface area contributed by atoms with E-state index in [4.69, 9.17) is 15.8 Å². The van der Waals surface area contributed by atoms with E-state index in [0.717, 1.165) is 6.07 Å². The van der Waals surface area contributed by atoms with Gasteiger partial charge in [-0.15, -0.1) is 0 Å². The lowest BCUT2D eigenvalue weighted by Gasteiger charge is -2.12. The van der Waals surface area contributed by atoms with E-state index >= 15 is 0 Å². The molecule has 1 heterocycles. The molecule has 0 bridgehead atoms. The van der Waals surface area contributed by atoms with Crippen LogP contribution in [0.15, 0.2) is 65.8 Å². The second kappa shape index (κ2) is 6.65. The summed E-state index contributed by atoms with van der Waals surface area (Å²) >= 11 is 5.75. The van der Waals surface area contributed by atoms with Crippen LogP contribution in [0.2, 0.25) is 5.02 Å². The van der Waals surface area contributed by atoms with Crippen LogP contribution in [0.1, 0.15) is 5.56 Å². The predicted molar refractivity (Wildman–Crippen MR) is 87.8 cm³/mol. The molecule has 0 saturated heterocycles. The fourth-order valence-corrected chi connectivity index (χ4v) is 3.55. The minimum atomic E-state index is -4.71. The first-order valence-electron chi connectivity index (χ1n) is 7.08. The van der Waals surface area contributed by atoms with Crippen molar-refractivity contribution in [2.45, 2.75) is 11.1 Å². The van der Waals surface area contributed by atoms with Gasteiger partial charge in [-0.2, -0.15) is 26.7 Å². The van der Waals surface area contributed by atoms with Gasteiger partial charge in [0.1, 0.15) is 10.6 Å². The summed E-state index contributed by atoms with van der Waals surface area (Å²) in [5.74, 6) is -0.0746. The Morgan fingerprint density at radius 1 is 1.08 bits per heavy atom. The van der Waals surface area contributed by atoms with Crippen LogP contribution in [0.25, 0.3) is 5.69 Å². The molecule has 26 heavy (non-hydrogen) atoms. The second-order valence-electron chi connectivity index (χ2n) is 5.12. The molecule has 1 aromatic heterocycles. The lowest BCUT2D eigenvalue weighted by molar-refractivity contribution is -0.137. The van der Waals surface area contributed by atoms with Gasteiger partial charge in [0.15, 0.2) is 0 Å². The van der Waals surface area contributed by atoms with Crippen molar-refractivity contribution in [1.29, 1.82) is 0 Å². The number of benzene rings is 2. The minimum absolute atomic E-state index is 0.0746. The Morgan fingerprint density at radius 3 is 2.35 bits per heavy atom. The normalized spacial score (nSPS) is 12.2. The Morgan fingerprint density at radius 2 is 1.77 bits per heavy atom. The molecule has 0 N–H and O–H groups in total. The molecule has 0 spiro atoms. The topological polar surface area (TPSA) is 61.2 Å². The molecule has 0 saturated carbocycles. The Labute approximate surface area is 151 Å². The first-order chi connectivity index (χ1) is 12.2. The molecule has 0 aliphatic carbocycles. The highest BCUT2D eigenvalue weighted by Gasteiger charge is 2.33. The maximum Gasteiger partial charge on any atom is 0.416 e. The summed E-state index contributed by atoms with van der Waals surface area (Å²) in [5, 5.41) is 3.65. The fourth-order valence-electron chi connectivity index (χ4n) is 2.12. The second-order valence-corrected chi connectivity index (χ2v) is 7.05. The average molecular weight is 403 g/mol. The first kappa shape index (κ1) is 18.3. The maximum absolute atomic E-state index is 12.8. The molecule has 0 atom stereocenters. The maximum atomic E-state index is 12.8. The van der Waals surface area contributed by atoms with E-state index in [-0.39, 0.29) is 10.8 Å². The Hall–Kier alpha value is -2.52. The molecule has 2 aromatic carbocycles. The van der Waals surface area contributed by atoms with Gasteiger partial charge in [-0.1, -0.05) is 11.6 Å². The zero-order valence-electron chi connectivity index (χ0n) is 12.8. The van der Waals surface area contributed by atoms with Crippen LogP contribution in [0, 0.1) is 0 Å². The van der Waals surface area contributed by atoms with Crippen molar-refractivity contribution in [1.82, 2.24) is 9.78 Å². The lowest BCUT2D eigenvalue weighted by atomic mass is 10.2. The molecule has 0 aliphatic rings. The van der Waals surface area contributed by atoms with Gasteiger partial charge in [-0.3, -0.25) is 0 Å². The third-order valence-corrected chi connectivity index (χ3v) is 5.07. The Kier molecular flexibility index (Phi) is 4.68. The van der Waals surface area contributed by atoms with Gasteiger partial charge < -0.3 is 4.18 Å². The summed E-state index contributed by atoms with van der Waals surface area (Å²) in [6.45, 7) is 0. The molecule has 0 fully saturated rings. The Balaban J connectivity index is 1.90. The Bertz CT molecular complexity index is 1020. The van der Waals surface area contributed by atoms with Gasteiger partial charge >= 0.3 is 16.3 Å². The van der Waals surface area contributed by atoms with Gasteiger partial charge in [-0.25, -0.2) is 4.68 Å². The monoisotopic (exact) mass is 402 g/mol. The van der Waals surface area contributed by atoms with Crippen molar-refractivity contribution < 1.29 is 25.8 Å². The lowest BCUT2D eigenvalue weighted by Crippen LogP contribution is -2.13. The molecule has 10 heteroatoms. The fraction of sp³-hybridized carbons (Fsp3) is 0.0625. The third kappa shape index (κ3) is 3.83. The van der Waals surface area contributed by atoms with Crippen molar-refractivity contribution in [3.63, 3.8) is 0 Å². The highest BCUT2D eigenvalue weighted by Crippen LogP contribution is 2.34. The number of halogens is 4. The summed E-state index contributed by atoms with van der Waals surface area (Å²) in [7, 11) is -4.55. The van der Waals surface area contributed by atoms with Crippen LogP contribution >= 0.6 is 11.6 Å². The average Bonchev–Trinajstić information content (AvgIpc) is 3.09. The van der Waals surface area contributed by atoms with Gasteiger partial charge in [0.25, 0.3) is 0 Å². The van der Waals surface area contributed by atoms with Crippen LogP contribution in [0.4, 0.5) is 13.2 Å². The van der Waals surface area contributed by atoms with Crippen molar-refractivity contribution in [3.8, 4) is 11.4 Å². The number of rotatable bonds is 4. The van der Waals surface area contributed by atoms with E-state index in [2.05, 4.69) is 5.10 Å². The van der Waals surface area contributed by atoms with E-state index in [9.17, 15) is 21.6 Å². The molecule has 136 valence electrons. The van der Waals surface area contributed by atoms with E-state index in [0.29, 0.717) is 17.8 Å². The summed E-state index contributed by atoms with van der Waals surface area (Å²) in [6.07, 6.45) is -1.44. The van der Waals surface area contributed by atoms with Crippen molar-refractivity contribution in [3.05, 3.63) is 71.5 Å². The first-order valence-corrected chi connectivity index (χ1v) is 8.87. The standard InChI is InChI=1S/C16H10ClF3N2O3S/c17-14-7-2-11(16(18,19)20)10-15(14)26(23,24)25-13-5-3-12(4-6-13)22-9-1-8-21-22/h1-10H. The van der Waals surface area contributed by atoms with Crippen LogP contribution in [0.3, 0.4) is 0 Å². The largest absolute Gasteiger partial charge is 0.416 e. The minimum Gasteiger partial charge on any atom is -0.379 e. The van der Waals surface area contributed by atoms with Gasteiger partial charge in [-0.05, 0) is 48.5 Å². The van der Waals surface area contributed by atoms with Crippen LogP contribution < -0.4 is 4.18 Å². The van der Waals surface area contributed by atoms with Gasteiger partial charge in [0.2, 0.25) is 0 Å². The van der Waals surface area contributed by atoms with Crippen LogP contribution in [-0.4, -0.2) is 18.2 Å². The molecular formula is C16H10ClF3N2O3S. The van der Waals surface area contributed by atoms with Crippen LogP contribution in [-0.2, 0) is 16.3 Å². The third-order valence-electron chi connectivity index (χ3n) is 3.34. The zero-order valence-corrected chi connectivity index (χ0v) is 14.4. The molecule has 0 aliphatic heterocycles. The van der Waals surface area contributed by atoms with E-state index in [1.807, 2.05) is 0 Å². The summed E-state index contributed by atoms with van der Waals surface area (Å²) < 4.78 is 69.5. The summed E-state index contributed by atoms with van der Waals surface area (Å²) in [6, 6.07) is 9.52. The van der Waals surface area contributed by atoms with Crippen molar-refractivity contribution in [2.75, 3.05) is 0 Å². The SMILES string of the molecule is O=S(=O)(Oc1ccc(-n2cccn2)cc1)c1cc(C(F)(F)F)ccc1Cl. The molecule has 3 rings (SSSR count).